The monoisotopic (exact) mass is 463 g/mol. The van der Waals surface area contributed by atoms with Gasteiger partial charge in [0.05, 0.1) is 17.6 Å². The Bertz CT molecular complexity index is 1330. The van der Waals surface area contributed by atoms with Crippen molar-refractivity contribution in [3.63, 3.8) is 0 Å². The van der Waals surface area contributed by atoms with E-state index in [2.05, 4.69) is 22.4 Å². The molecule has 0 radical (unpaired) electrons. The zero-order chi connectivity index (χ0) is 22.8. The van der Waals surface area contributed by atoms with Crippen molar-refractivity contribution in [3.05, 3.63) is 80.3 Å². The first-order valence-electron chi connectivity index (χ1n) is 11.0. The SMILES string of the molecule is CCOc1ccccc1Oc1c(C)oc2c3c(ccc2c1=O)OCN(CCc1cccs1)C3. The predicted octanol–water partition coefficient (Wildman–Crippen LogP) is 5.75. The van der Waals surface area contributed by atoms with E-state index in [4.69, 9.17) is 18.6 Å². The highest BCUT2D eigenvalue weighted by Crippen LogP contribution is 2.36. The van der Waals surface area contributed by atoms with Crippen LogP contribution in [0.15, 0.2) is 63.1 Å². The number of thiophene rings is 1. The largest absolute Gasteiger partial charge is 0.490 e. The van der Waals surface area contributed by atoms with Crippen molar-refractivity contribution >= 4 is 22.3 Å². The quantitative estimate of drug-likeness (QED) is 0.348. The summed E-state index contributed by atoms with van der Waals surface area (Å²) in [6.07, 6.45) is 0.960. The number of rotatable bonds is 7. The summed E-state index contributed by atoms with van der Waals surface area (Å²) in [7, 11) is 0. The molecule has 4 aromatic rings. The Morgan fingerprint density at radius 2 is 1.94 bits per heavy atom. The van der Waals surface area contributed by atoms with E-state index in [0.29, 0.717) is 48.1 Å². The van der Waals surface area contributed by atoms with Gasteiger partial charge in [0.25, 0.3) is 0 Å². The standard InChI is InChI=1S/C26H25NO5S/c1-3-29-22-8-4-5-9-23(22)32-25-17(2)31-26-19(24(25)28)10-11-21-20(26)15-27(16-30-21)13-12-18-7-6-14-33-18/h4-11,14H,3,12-13,15-16H2,1-2H3. The van der Waals surface area contributed by atoms with Gasteiger partial charge in [-0.15, -0.1) is 11.3 Å². The molecule has 5 rings (SSSR count). The molecule has 1 aliphatic rings. The Kier molecular flexibility index (Phi) is 6.07. The van der Waals surface area contributed by atoms with Gasteiger partial charge in [0.1, 0.15) is 23.8 Å². The van der Waals surface area contributed by atoms with Crippen molar-refractivity contribution in [1.29, 1.82) is 0 Å². The van der Waals surface area contributed by atoms with Crippen LogP contribution in [0.25, 0.3) is 11.0 Å². The van der Waals surface area contributed by atoms with Crippen LogP contribution in [-0.2, 0) is 13.0 Å². The summed E-state index contributed by atoms with van der Waals surface area (Å²) in [5.74, 6) is 2.41. The number of para-hydroxylation sites is 2. The summed E-state index contributed by atoms with van der Waals surface area (Å²) in [5, 5.41) is 2.57. The summed E-state index contributed by atoms with van der Waals surface area (Å²) >= 11 is 1.76. The zero-order valence-corrected chi connectivity index (χ0v) is 19.4. The normalized spacial score (nSPS) is 13.5. The molecule has 0 saturated carbocycles. The van der Waals surface area contributed by atoms with Crippen molar-refractivity contribution in [2.24, 2.45) is 0 Å². The molecule has 0 bridgehead atoms. The van der Waals surface area contributed by atoms with Crippen LogP contribution in [0, 0.1) is 6.92 Å². The molecule has 0 unspecified atom stereocenters. The van der Waals surface area contributed by atoms with Crippen LogP contribution in [-0.4, -0.2) is 24.8 Å². The van der Waals surface area contributed by atoms with E-state index < -0.39 is 0 Å². The lowest BCUT2D eigenvalue weighted by atomic mass is 10.1. The maximum Gasteiger partial charge on any atom is 0.235 e. The van der Waals surface area contributed by atoms with E-state index >= 15 is 0 Å². The Balaban J connectivity index is 1.47. The van der Waals surface area contributed by atoms with Gasteiger partial charge in [-0.1, -0.05) is 18.2 Å². The number of nitrogens with zero attached hydrogens (tertiary/aromatic N) is 1. The number of hydrogen-bond acceptors (Lipinski definition) is 7. The van der Waals surface area contributed by atoms with Gasteiger partial charge in [0.15, 0.2) is 11.5 Å². The topological polar surface area (TPSA) is 61.1 Å². The molecule has 0 atom stereocenters. The van der Waals surface area contributed by atoms with E-state index in [1.54, 1.807) is 30.4 Å². The van der Waals surface area contributed by atoms with Crippen LogP contribution in [0.3, 0.4) is 0 Å². The Hall–Kier alpha value is -3.29. The van der Waals surface area contributed by atoms with Crippen LogP contribution in [0.5, 0.6) is 23.0 Å². The fourth-order valence-electron chi connectivity index (χ4n) is 4.01. The molecule has 2 aromatic heterocycles. The van der Waals surface area contributed by atoms with Gasteiger partial charge in [-0.3, -0.25) is 9.69 Å². The summed E-state index contributed by atoms with van der Waals surface area (Å²) in [6, 6.07) is 15.1. The molecule has 33 heavy (non-hydrogen) atoms. The van der Waals surface area contributed by atoms with E-state index in [1.165, 1.54) is 4.88 Å². The van der Waals surface area contributed by atoms with Crippen LogP contribution in [0.1, 0.15) is 23.1 Å². The maximum absolute atomic E-state index is 13.4. The average molecular weight is 464 g/mol. The molecule has 0 fully saturated rings. The van der Waals surface area contributed by atoms with E-state index in [0.717, 1.165) is 24.3 Å². The van der Waals surface area contributed by atoms with Crippen LogP contribution in [0.4, 0.5) is 0 Å². The third-order valence-electron chi connectivity index (χ3n) is 5.64. The Morgan fingerprint density at radius 1 is 1.09 bits per heavy atom. The lowest BCUT2D eigenvalue weighted by Gasteiger charge is -2.29. The van der Waals surface area contributed by atoms with E-state index in [1.807, 2.05) is 31.2 Å². The summed E-state index contributed by atoms with van der Waals surface area (Å²) in [5.41, 5.74) is 1.24. The van der Waals surface area contributed by atoms with Gasteiger partial charge >= 0.3 is 0 Å². The maximum atomic E-state index is 13.4. The van der Waals surface area contributed by atoms with Crippen molar-refractivity contribution in [3.8, 4) is 23.0 Å². The number of ether oxygens (including phenoxy) is 3. The molecular weight excluding hydrogens is 438 g/mol. The molecule has 2 aromatic carbocycles. The molecule has 0 spiro atoms. The fourth-order valence-corrected chi connectivity index (χ4v) is 4.70. The molecule has 1 aliphatic heterocycles. The molecule has 3 heterocycles. The molecule has 0 amide bonds. The smallest absolute Gasteiger partial charge is 0.235 e. The molecule has 0 saturated heterocycles. The lowest BCUT2D eigenvalue weighted by molar-refractivity contribution is 0.0969. The third-order valence-corrected chi connectivity index (χ3v) is 6.58. The second-order valence-corrected chi connectivity index (χ2v) is 8.90. The fraction of sp³-hybridized carbons (Fsp3) is 0.269. The first-order chi connectivity index (χ1) is 16.1. The first-order valence-corrected chi connectivity index (χ1v) is 11.9. The van der Waals surface area contributed by atoms with Gasteiger partial charge in [-0.2, -0.15) is 0 Å². The second kappa shape index (κ2) is 9.29. The molecular formula is C26H25NO5S. The van der Waals surface area contributed by atoms with Gasteiger partial charge < -0.3 is 18.6 Å². The predicted molar refractivity (Wildman–Crippen MR) is 129 cm³/mol. The summed E-state index contributed by atoms with van der Waals surface area (Å²) < 4.78 is 23.8. The van der Waals surface area contributed by atoms with Gasteiger partial charge in [-0.25, -0.2) is 0 Å². The Morgan fingerprint density at radius 3 is 2.73 bits per heavy atom. The van der Waals surface area contributed by atoms with Gasteiger partial charge in [0, 0.05) is 18.0 Å². The van der Waals surface area contributed by atoms with Crippen molar-refractivity contribution < 1.29 is 18.6 Å². The highest BCUT2D eigenvalue weighted by molar-refractivity contribution is 7.09. The Labute approximate surface area is 195 Å². The number of fused-ring (bicyclic) bond motifs is 3. The molecule has 6 nitrogen and oxygen atoms in total. The molecule has 7 heteroatoms. The van der Waals surface area contributed by atoms with Crippen molar-refractivity contribution in [2.75, 3.05) is 19.9 Å². The number of hydrogen-bond donors (Lipinski definition) is 0. The summed E-state index contributed by atoms with van der Waals surface area (Å²) in [4.78, 5) is 17.0. The lowest BCUT2D eigenvalue weighted by Crippen LogP contribution is -2.33. The van der Waals surface area contributed by atoms with Gasteiger partial charge in [0.2, 0.25) is 11.2 Å². The minimum atomic E-state index is -0.210. The second-order valence-electron chi connectivity index (χ2n) is 7.87. The van der Waals surface area contributed by atoms with E-state index in [-0.39, 0.29) is 11.2 Å². The molecule has 170 valence electrons. The average Bonchev–Trinajstić information content (AvgIpc) is 3.35. The van der Waals surface area contributed by atoms with Gasteiger partial charge in [-0.05, 0) is 56.0 Å². The minimum absolute atomic E-state index is 0.167. The van der Waals surface area contributed by atoms with E-state index in [9.17, 15) is 4.79 Å². The first kappa shape index (κ1) is 21.6. The highest BCUT2D eigenvalue weighted by Gasteiger charge is 2.24. The number of benzene rings is 2. The van der Waals surface area contributed by atoms with Crippen molar-refractivity contribution in [1.82, 2.24) is 4.90 Å². The third kappa shape index (κ3) is 4.34. The summed E-state index contributed by atoms with van der Waals surface area (Å²) in [6.45, 7) is 6.20. The molecule has 0 N–H and O–H groups in total. The minimum Gasteiger partial charge on any atom is -0.490 e. The van der Waals surface area contributed by atoms with Crippen LogP contribution < -0.4 is 19.6 Å². The van der Waals surface area contributed by atoms with Crippen molar-refractivity contribution in [2.45, 2.75) is 26.8 Å². The molecule has 0 aliphatic carbocycles. The van der Waals surface area contributed by atoms with Crippen LogP contribution >= 0.6 is 11.3 Å². The zero-order valence-electron chi connectivity index (χ0n) is 18.6. The highest BCUT2D eigenvalue weighted by atomic mass is 32.1. The van der Waals surface area contributed by atoms with Crippen LogP contribution in [0.2, 0.25) is 0 Å². The number of aryl methyl sites for hydroxylation is 1.